The first-order valence-corrected chi connectivity index (χ1v) is 7.57. The minimum Gasteiger partial charge on any atom is -0.323 e. The molecular formula is C12H21O2P. The molecule has 0 radical (unpaired) electrons. The number of unbranched alkanes of at least 4 members (excludes halogenated alkanes) is 1. The van der Waals surface area contributed by atoms with Crippen LogP contribution in [0.2, 0.25) is 0 Å². The highest BCUT2D eigenvalue weighted by Crippen LogP contribution is 2.53. The van der Waals surface area contributed by atoms with E-state index in [1.165, 1.54) is 19.3 Å². The van der Waals surface area contributed by atoms with Gasteiger partial charge in [0.05, 0.1) is 6.61 Å². The Balaban J connectivity index is 2.30. The summed E-state index contributed by atoms with van der Waals surface area (Å²) in [5.41, 5.74) is 0. The Morgan fingerprint density at radius 3 is 2.47 bits per heavy atom. The van der Waals surface area contributed by atoms with Crippen LogP contribution in [0.1, 0.15) is 39.5 Å². The van der Waals surface area contributed by atoms with Crippen molar-refractivity contribution in [2.24, 2.45) is 5.92 Å². The monoisotopic (exact) mass is 228 g/mol. The summed E-state index contributed by atoms with van der Waals surface area (Å²) in [5.74, 6) is 3.91. The lowest BCUT2D eigenvalue weighted by atomic mass is 10.0. The molecule has 3 heteroatoms. The molecule has 1 heterocycles. The van der Waals surface area contributed by atoms with Crippen LogP contribution in [0.4, 0.5) is 0 Å². The van der Waals surface area contributed by atoms with E-state index in [2.05, 4.69) is 13.8 Å². The highest BCUT2D eigenvalue weighted by Gasteiger charge is 2.19. The molecule has 0 N–H and O–H groups in total. The quantitative estimate of drug-likeness (QED) is 0.598. The minimum absolute atomic E-state index is 0.554. The molecule has 0 saturated carbocycles. The van der Waals surface area contributed by atoms with Crippen LogP contribution in [-0.4, -0.2) is 6.61 Å². The Morgan fingerprint density at radius 1 is 1.27 bits per heavy atom. The van der Waals surface area contributed by atoms with E-state index in [0.29, 0.717) is 12.5 Å². The number of rotatable bonds is 7. The predicted molar refractivity (Wildman–Crippen MR) is 65.1 cm³/mol. The van der Waals surface area contributed by atoms with Gasteiger partial charge in [-0.05, 0) is 12.3 Å². The van der Waals surface area contributed by atoms with Crippen LogP contribution in [0.3, 0.4) is 0 Å². The Hall–Kier alpha value is -0.330. The van der Waals surface area contributed by atoms with Crippen molar-refractivity contribution in [2.75, 3.05) is 6.61 Å². The lowest BCUT2D eigenvalue weighted by Crippen LogP contribution is -2.06. The second-order valence-corrected chi connectivity index (χ2v) is 6.19. The zero-order valence-electron chi connectivity index (χ0n) is 9.69. The molecule has 0 fully saturated rings. The van der Waals surface area contributed by atoms with Gasteiger partial charge in [-0.2, -0.15) is 0 Å². The van der Waals surface area contributed by atoms with Crippen molar-refractivity contribution in [1.82, 2.24) is 0 Å². The molecule has 0 aromatic rings. The number of allylic oxidation sites excluding steroid dienone is 2. The van der Waals surface area contributed by atoms with Crippen molar-refractivity contribution < 1.29 is 9.09 Å². The molecule has 1 rings (SSSR count). The smallest absolute Gasteiger partial charge is 0.247 e. The second-order valence-electron chi connectivity index (χ2n) is 4.04. The molecule has 1 atom stereocenters. The Bertz CT molecular complexity index is 265. The van der Waals surface area contributed by atoms with Crippen molar-refractivity contribution in [2.45, 2.75) is 39.5 Å². The van der Waals surface area contributed by atoms with Crippen molar-refractivity contribution in [1.29, 1.82) is 0 Å². The largest absolute Gasteiger partial charge is 0.323 e. The third kappa shape index (κ3) is 4.36. The van der Waals surface area contributed by atoms with Gasteiger partial charge < -0.3 is 4.52 Å². The van der Waals surface area contributed by atoms with E-state index in [9.17, 15) is 4.57 Å². The minimum atomic E-state index is -2.53. The first kappa shape index (κ1) is 12.7. The van der Waals surface area contributed by atoms with Crippen molar-refractivity contribution in [3.63, 3.8) is 0 Å². The van der Waals surface area contributed by atoms with Crippen LogP contribution in [0.5, 0.6) is 0 Å². The molecule has 2 nitrogen and oxygen atoms in total. The van der Waals surface area contributed by atoms with Crippen molar-refractivity contribution in [3.05, 3.63) is 23.8 Å². The third-order valence-electron chi connectivity index (χ3n) is 2.75. The normalized spacial score (nSPS) is 19.6. The van der Waals surface area contributed by atoms with E-state index in [1.807, 2.05) is 0 Å². The number of hydrogen-bond acceptors (Lipinski definition) is 2. The van der Waals surface area contributed by atoms with Crippen LogP contribution >= 0.6 is 7.37 Å². The summed E-state index contributed by atoms with van der Waals surface area (Å²) in [7, 11) is -2.53. The van der Waals surface area contributed by atoms with E-state index >= 15 is 0 Å². The van der Waals surface area contributed by atoms with E-state index in [-0.39, 0.29) is 0 Å². The van der Waals surface area contributed by atoms with Crippen LogP contribution in [0, 0.1) is 5.92 Å². The van der Waals surface area contributed by atoms with E-state index in [0.717, 1.165) is 6.42 Å². The fourth-order valence-electron chi connectivity index (χ4n) is 1.60. The first-order valence-electron chi connectivity index (χ1n) is 5.81. The molecule has 1 aliphatic rings. The predicted octanol–water partition coefficient (Wildman–Crippen LogP) is 4.54. The maximum Gasteiger partial charge on any atom is 0.247 e. The average molecular weight is 228 g/mol. The van der Waals surface area contributed by atoms with E-state index in [4.69, 9.17) is 4.52 Å². The highest BCUT2D eigenvalue weighted by atomic mass is 31.2. The zero-order chi connectivity index (χ0) is 11.1. The maximum atomic E-state index is 11.9. The fourth-order valence-corrected chi connectivity index (χ4v) is 2.99. The molecule has 0 aliphatic carbocycles. The molecule has 1 aliphatic heterocycles. The van der Waals surface area contributed by atoms with E-state index in [1.54, 1.807) is 23.8 Å². The standard InChI is InChI=1S/C12H21O2P/c1-3-5-8-12(4-2)11-14-15(13)9-6-7-10-15/h6-7,9-10,12H,3-5,8,11H2,1-2H3. The van der Waals surface area contributed by atoms with Gasteiger partial charge in [0.1, 0.15) is 0 Å². The van der Waals surface area contributed by atoms with Gasteiger partial charge in [-0.15, -0.1) is 0 Å². The SMILES string of the molecule is CCCCC(CC)COP1(=O)C=CC=C1. The van der Waals surface area contributed by atoms with Gasteiger partial charge in [0.25, 0.3) is 0 Å². The summed E-state index contributed by atoms with van der Waals surface area (Å²) in [6.07, 6.45) is 8.33. The third-order valence-corrected chi connectivity index (χ3v) is 4.48. The molecule has 15 heavy (non-hydrogen) atoms. The zero-order valence-corrected chi connectivity index (χ0v) is 10.6. The molecule has 0 amide bonds. The van der Waals surface area contributed by atoms with Gasteiger partial charge in [-0.3, -0.25) is 4.57 Å². The fraction of sp³-hybridized carbons (Fsp3) is 0.667. The summed E-state index contributed by atoms with van der Waals surface area (Å²) in [5, 5.41) is 0. The maximum absolute atomic E-state index is 11.9. The van der Waals surface area contributed by atoms with Crippen LogP contribution in [-0.2, 0) is 9.09 Å². The van der Waals surface area contributed by atoms with Gasteiger partial charge >= 0.3 is 0 Å². The van der Waals surface area contributed by atoms with Crippen LogP contribution in [0.25, 0.3) is 0 Å². The molecule has 86 valence electrons. The highest BCUT2D eigenvalue weighted by molar-refractivity contribution is 7.65. The molecule has 0 saturated heterocycles. The molecule has 0 aromatic heterocycles. The van der Waals surface area contributed by atoms with Gasteiger partial charge in [0, 0.05) is 11.6 Å². The van der Waals surface area contributed by atoms with Gasteiger partial charge in [0.2, 0.25) is 7.37 Å². The molecule has 0 bridgehead atoms. The Kier molecular flexibility index (Phi) is 5.35. The molecule has 1 unspecified atom stereocenters. The molecular weight excluding hydrogens is 207 g/mol. The van der Waals surface area contributed by atoms with Crippen molar-refractivity contribution >= 4 is 7.37 Å². The summed E-state index contributed by atoms with van der Waals surface area (Å²) < 4.78 is 17.4. The number of hydrogen-bond donors (Lipinski definition) is 0. The van der Waals surface area contributed by atoms with E-state index < -0.39 is 7.37 Å². The lowest BCUT2D eigenvalue weighted by Gasteiger charge is -2.16. The summed E-state index contributed by atoms with van der Waals surface area (Å²) in [4.78, 5) is 0. The van der Waals surface area contributed by atoms with Gasteiger partial charge in [0.15, 0.2) is 0 Å². The van der Waals surface area contributed by atoms with Gasteiger partial charge in [-0.25, -0.2) is 0 Å². The first-order chi connectivity index (χ1) is 7.20. The summed E-state index contributed by atoms with van der Waals surface area (Å²) >= 11 is 0. The molecule has 0 spiro atoms. The van der Waals surface area contributed by atoms with Crippen LogP contribution < -0.4 is 0 Å². The second kappa shape index (κ2) is 6.30. The van der Waals surface area contributed by atoms with Gasteiger partial charge in [-0.1, -0.05) is 45.3 Å². The Morgan fingerprint density at radius 2 is 1.93 bits per heavy atom. The lowest BCUT2D eigenvalue weighted by molar-refractivity contribution is 0.241. The molecule has 0 aromatic carbocycles. The topological polar surface area (TPSA) is 26.3 Å². The summed E-state index contributed by atoms with van der Waals surface area (Å²) in [6, 6.07) is 0. The Labute approximate surface area is 92.9 Å². The average Bonchev–Trinajstić information content (AvgIpc) is 2.66. The van der Waals surface area contributed by atoms with Crippen LogP contribution in [0.15, 0.2) is 23.8 Å². The van der Waals surface area contributed by atoms with Crippen molar-refractivity contribution in [3.8, 4) is 0 Å². The summed E-state index contributed by atoms with van der Waals surface area (Å²) in [6.45, 7) is 4.99.